The summed E-state index contributed by atoms with van der Waals surface area (Å²) in [4.78, 5) is 22.7. The Morgan fingerprint density at radius 2 is 1.92 bits per heavy atom. The Labute approximate surface area is 148 Å². The molecule has 0 spiro atoms. The van der Waals surface area contributed by atoms with Crippen LogP contribution in [0.15, 0.2) is 42.5 Å². The Kier molecular flexibility index (Phi) is 5.69. The molecule has 9 nitrogen and oxygen atoms in total. The maximum absolute atomic E-state index is 12.3. The molecule has 5 N–H and O–H groups in total. The fourth-order valence-electron chi connectivity index (χ4n) is 2.03. The molecule has 0 saturated carbocycles. The molecule has 2 rings (SSSR count). The van der Waals surface area contributed by atoms with Crippen molar-refractivity contribution >= 4 is 40.3 Å². The molecular weight excluding hydrogens is 346 g/mol. The summed E-state index contributed by atoms with van der Waals surface area (Å²) in [6.45, 7) is 0. The van der Waals surface area contributed by atoms with Crippen LogP contribution in [0.3, 0.4) is 0 Å². The van der Waals surface area contributed by atoms with E-state index in [1.54, 1.807) is 24.3 Å². The molecule has 2 aromatic carbocycles. The molecule has 0 aliphatic carbocycles. The van der Waals surface area contributed by atoms with E-state index in [9.17, 15) is 14.9 Å². The van der Waals surface area contributed by atoms with E-state index in [1.165, 1.54) is 25.3 Å². The van der Waals surface area contributed by atoms with Crippen molar-refractivity contribution in [2.24, 2.45) is 5.73 Å². The lowest BCUT2D eigenvalue weighted by Crippen LogP contribution is -2.44. The van der Waals surface area contributed by atoms with Gasteiger partial charge in [0.15, 0.2) is 5.11 Å². The van der Waals surface area contributed by atoms with Crippen LogP contribution in [0, 0.1) is 10.1 Å². The molecule has 1 amide bonds. The average molecular weight is 361 g/mol. The number of anilines is 2. The van der Waals surface area contributed by atoms with Crippen LogP contribution in [0.1, 0.15) is 10.4 Å². The van der Waals surface area contributed by atoms with Crippen LogP contribution in [-0.4, -0.2) is 23.1 Å². The van der Waals surface area contributed by atoms with Crippen molar-refractivity contribution in [1.29, 1.82) is 0 Å². The quantitative estimate of drug-likeness (QED) is 0.360. The number of hydrogen-bond donors (Lipinski definition) is 4. The van der Waals surface area contributed by atoms with E-state index in [1.807, 2.05) is 0 Å². The Morgan fingerprint density at radius 3 is 2.56 bits per heavy atom. The summed E-state index contributed by atoms with van der Waals surface area (Å²) < 4.78 is 5.23. The number of carbonyl (C=O) groups excluding carboxylic acids is 1. The Bertz CT molecular complexity index is 827. The SMILES string of the molecule is COc1ccccc1Nc1cc([N+](=O)[O-])ccc1C(=O)NNC(N)=S. The van der Waals surface area contributed by atoms with Crippen molar-refractivity contribution in [3.8, 4) is 5.75 Å². The summed E-state index contributed by atoms with van der Waals surface area (Å²) in [6.07, 6.45) is 0. The summed E-state index contributed by atoms with van der Waals surface area (Å²) in [7, 11) is 1.49. The van der Waals surface area contributed by atoms with Gasteiger partial charge in [-0.25, -0.2) is 0 Å². The molecule has 0 radical (unpaired) electrons. The predicted octanol–water partition coefficient (Wildman–Crippen LogP) is 1.82. The van der Waals surface area contributed by atoms with E-state index in [-0.39, 0.29) is 22.1 Å². The number of carbonyl (C=O) groups is 1. The molecule has 0 aliphatic heterocycles. The smallest absolute Gasteiger partial charge is 0.271 e. The average Bonchev–Trinajstić information content (AvgIpc) is 2.60. The number of rotatable bonds is 5. The molecule has 0 heterocycles. The summed E-state index contributed by atoms with van der Waals surface area (Å²) in [6, 6.07) is 10.8. The number of para-hydroxylation sites is 2. The topological polar surface area (TPSA) is 132 Å². The van der Waals surface area contributed by atoms with E-state index in [0.29, 0.717) is 11.4 Å². The van der Waals surface area contributed by atoms with Crippen molar-refractivity contribution in [2.45, 2.75) is 0 Å². The Morgan fingerprint density at radius 1 is 1.20 bits per heavy atom. The van der Waals surface area contributed by atoms with Crippen molar-refractivity contribution in [2.75, 3.05) is 12.4 Å². The van der Waals surface area contributed by atoms with E-state index in [4.69, 9.17) is 10.5 Å². The lowest BCUT2D eigenvalue weighted by atomic mass is 10.1. The fourth-order valence-corrected chi connectivity index (χ4v) is 2.08. The largest absolute Gasteiger partial charge is 0.495 e. The number of amides is 1. The van der Waals surface area contributed by atoms with Crippen LogP contribution in [0.5, 0.6) is 5.75 Å². The molecule has 0 saturated heterocycles. The molecule has 0 unspecified atom stereocenters. The molecule has 25 heavy (non-hydrogen) atoms. The van der Waals surface area contributed by atoms with Crippen LogP contribution in [0.25, 0.3) is 0 Å². The first-order valence-electron chi connectivity index (χ1n) is 6.96. The Hall–Kier alpha value is -3.40. The van der Waals surface area contributed by atoms with Gasteiger partial charge in [-0.05, 0) is 30.4 Å². The molecule has 130 valence electrons. The predicted molar refractivity (Wildman–Crippen MR) is 96.8 cm³/mol. The first kappa shape index (κ1) is 17.9. The fraction of sp³-hybridized carbons (Fsp3) is 0.0667. The highest BCUT2D eigenvalue weighted by Gasteiger charge is 2.17. The minimum Gasteiger partial charge on any atom is -0.495 e. The number of hydrazine groups is 1. The monoisotopic (exact) mass is 361 g/mol. The number of methoxy groups -OCH3 is 1. The number of non-ortho nitro benzene ring substituents is 1. The number of benzene rings is 2. The van der Waals surface area contributed by atoms with Crippen LogP contribution in [-0.2, 0) is 0 Å². The maximum atomic E-state index is 12.3. The highest BCUT2D eigenvalue weighted by atomic mass is 32.1. The van der Waals surface area contributed by atoms with Gasteiger partial charge < -0.3 is 15.8 Å². The van der Waals surface area contributed by atoms with Crippen LogP contribution in [0.4, 0.5) is 17.1 Å². The molecule has 0 bridgehead atoms. The third kappa shape index (κ3) is 4.54. The van der Waals surface area contributed by atoms with Gasteiger partial charge in [0.2, 0.25) is 0 Å². The lowest BCUT2D eigenvalue weighted by molar-refractivity contribution is -0.384. The molecule has 0 aromatic heterocycles. The second-order valence-corrected chi connectivity index (χ2v) is 5.20. The zero-order valence-electron chi connectivity index (χ0n) is 13.1. The van der Waals surface area contributed by atoms with Gasteiger partial charge in [-0.3, -0.25) is 25.8 Å². The van der Waals surface area contributed by atoms with Crippen LogP contribution >= 0.6 is 12.2 Å². The van der Waals surface area contributed by atoms with Gasteiger partial charge in [-0.2, -0.15) is 0 Å². The van der Waals surface area contributed by atoms with Crippen molar-refractivity contribution in [1.82, 2.24) is 10.9 Å². The van der Waals surface area contributed by atoms with Gasteiger partial charge in [0.25, 0.3) is 11.6 Å². The number of hydrogen-bond acceptors (Lipinski definition) is 6. The normalized spacial score (nSPS) is 9.80. The first-order chi connectivity index (χ1) is 11.9. The zero-order valence-corrected chi connectivity index (χ0v) is 13.9. The van der Waals surface area contributed by atoms with E-state index < -0.39 is 10.8 Å². The van der Waals surface area contributed by atoms with Gasteiger partial charge >= 0.3 is 0 Å². The van der Waals surface area contributed by atoms with Gasteiger partial charge in [-0.15, -0.1) is 0 Å². The number of nitrogens with two attached hydrogens (primary N) is 1. The molecular formula is C15H15N5O4S. The highest BCUT2D eigenvalue weighted by Crippen LogP contribution is 2.30. The van der Waals surface area contributed by atoms with E-state index in [0.717, 1.165) is 0 Å². The highest BCUT2D eigenvalue weighted by molar-refractivity contribution is 7.80. The van der Waals surface area contributed by atoms with Gasteiger partial charge in [0.05, 0.1) is 29.0 Å². The standard InChI is InChI=1S/C15H15N5O4S/c1-24-13-5-3-2-4-11(13)17-12-8-9(20(22)23)6-7-10(12)14(21)18-19-15(16)25/h2-8,17H,1H3,(H,18,21)(H3,16,19,25). The number of nitro groups is 1. The van der Waals surface area contributed by atoms with Crippen LogP contribution in [0.2, 0.25) is 0 Å². The molecule has 2 aromatic rings. The summed E-state index contributed by atoms with van der Waals surface area (Å²) in [5, 5.41) is 13.9. The summed E-state index contributed by atoms with van der Waals surface area (Å²) in [5.74, 6) is -0.0540. The third-order valence-electron chi connectivity index (χ3n) is 3.13. The van der Waals surface area contributed by atoms with Gasteiger partial charge in [0, 0.05) is 12.1 Å². The molecule has 0 fully saturated rings. The van der Waals surface area contributed by atoms with Crippen molar-refractivity contribution in [3.05, 3.63) is 58.1 Å². The van der Waals surface area contributed by atoms with Crippen molar-refractivity contribution in [3.63, 3.8) is 0 Å². The number of thiocarbonyl (C=S) groups is 1. The lowest BCUT2D eigenvalue weighted by Gasteiger charge is -2.14. The number of ether oxygens (including phenoxy) is 1. The summed E-state index contributed by atoms with van der Waals surface area (Å²) >= 11 is 4.62. The van der Waals surface area contributed by atoms with E-state index >= 15 is 0 Å². The van der Waals surface area contributed by atoms with Crippen LogP contribution < -0.4 is 26.6 Å². The minimum atomic E-state index is -0.569. The summed E-state index contributed by atoms with van der Waals surface area (Å²) in [5.41, 5.74) is 10.6. The van der Waals surface area contributed by atoms with Gasteiger partial charge in [0.1, 0.15) is 5.75 Å². The number of nitrogens with zero attached hydrogens (tertiary/aromatic N) is 1. The zero-order chi connectivity index (χ0) is 18.4. The Balaban J connectivity index is 2.41. The maximum Gasteiger partial charge on any atom is 0.271 e. The molecule has 0 aliphatic rings. The third-order valence-corrected chi connectivity index (χ3v) is 3.24. The molecule has 10 heteroatoms. The second-order valence-electron chi connectivity index (χ2n) is 4.76. The van der Waals surface area contributed by atoms with E-state index in [2.05, 4.69) is 28.4 Å². The minimum absolute atomic E-state index is 0.116. The van der Waals surface area contributed by atoms with Crippen molar-refractivity contribution < 1.29 is 14.5 Å². The number of nitrogens with one attached hydrogen (secondary N) is 3. The number of nitro benzene ring substituents is 1. The first-order valence-corrected chi connectivity index (χ1v) is 7.37. The second kappa shape index (κ2) is 7.93. The molecule has 0 atom stereocenters. The van der Waals surface area contributed by atoms with Gasteiger partial charge in [-0.1, -0.05) is 12.1 Å².